The van der Waals surface area contributed by atoms with Crippen LogP contribution in [0, 0.1) is 5.92 Å². The average molecular weight is 283 g/mol. The smallest absolute Gasteiger partial charge is 0.229 e. The van der Waals surface area contributed by atoms with Gasteiger partial charge in [-0.15, -0.1) is 22.9 Å². The van der Waals surface area contributed by atoms with Crippen LogP contribution in [-0.2, 0) is 4.79 Å². The van der Waals surface area contributed by atoms with E-state index in [-0.39, 0.29) is 11.8 Å². The van der Waals surface area contributed by atoms with E-state index in [0.717, 1.165) is 16.6 Å². The fraction of sp³-hybridized carbons (Fsp3) is 0.333. The number of furan rings is 1. The molecule has 1 saturated heterocycles. The number of aromatic nitrogens is 1. The number of hydrogen-bond acceptors (Lipinski definition) is 4. The van der Waals surface area contributed by atoms with Crippen molar-refractivity contribution >= 4 is 34.0 Å². The molecular formula is C12H11ClN2O2S. The molecule has 0 radical (unpaired) electrons. The zero-order valence-corrected chi connectivity index (χ0v) is 11.1. The number of carbonyl (C=O) groups excluding carboxylic acids is 1. The Labute approximate surface area is 113 Å². The molecule has 1 aliphatic heterocycles. The Kier molecular flexibility index (Phi) is 3.09. The SMILES string of the molecule is O=C1CC(CCl)CN1c1nc(-c2ccco2)cs1. The normalized spacial score (nSPS) is 19.7. The van der Waals surface area contributed by atoms with Crippen LogP contribution < -0.4 is 4.90 Å². The highest BCUT2D eigenvalue weighted by molar-refractivity contribution is 7.14. The highest BCUT2D eigenvalue weighted by Crippen LogP contribution is 2.31. The molecule has 1 atom stereocenters. The third-order valence-corrected chi connectivity index (χ3v) is 4.22. The summed E-state index contributed by atoms with van der Waals surface area (Å²) in [6.45, 7) is 0.660. The van der Waals surface area contributed by atoms with Crippen molar-refractivity contribution in [3.63, 3.8) is 0 Å². The molecule has 3 heterocycles. The zero-order valence-electron chi connectivity index (χ0n) is 9.51. The van der Waals surface area contributed by atoms with Gasteiger partial charge in [-0.25, -0.2) is 4.98 Å². The number of hydrogen-bond donors (Lipinski definition) is 0. The van der Waals surface area contributed by atoms with Crippen LogP contribution in [-0.4, -0.2) is 23.3 Å². The minimum atomic E-state index is 0.0981. The number of anilines is 1. The second kappa shape index (κ2) is 4.74. The maximum atomic E-state index is 11.9. The quantitative estimate of drug-likeness (QED) is 0.813. The lowest BCUT2D eigenvalue weighted by atomic mass is 10.2. The summed E-state index contributed by atoms with van der Waals surface area (Å²) in [5.41, 5.74) is 0.766. The molecule has 0 aliphatic carbocycles. The molecule has 4 nitrogen and oxygen atoms in total. The zero-order chi connectivity index (χ0) is 12.5. The van der Waals surface area contributed by atoms with Crippen LogP contribution in [0.25, 0.3) is 11.5 Å². The molecule has 0 N–H and O–H groups in total. The van der Waals surface area contributed by atoms with Crippen molar-refractivity contribution in [3.8, 4) is 11.5 Å². The van der Waals surface area contributed by atoms with Crippen LogP contribution in [0.15, 0.2) is 28.2 Å². The van der Waals surface area contributed by atoms with Gasteiger partial charge in [-0.3, -0.25) is 9.69 Å². The Morgan fingerprint density at radius 1 is 1.61 bits per heavy atom. The summed E-state index contributed by atoms with van der Waals surface area (Å²) in [5, 5.41) is 2.62. The number of halogens is 1. The summed E-state index contributed by atoms with van der Waals surface area (Å²) in [6.07, 6.45) is 2.12. The third kappa shape index (κ3) is 2.04. The molecule has 18 heavy (non-hydrogen) atoms. The molecule has 94 valence electrons. The van der Waals surface area contributed by atoms with Gasteiger partial charge < -0.3 is 4.42 Å². The van der Waals surface area contributed by atoms with E-state index in [0.29, 0.717) is 18.8 Å². The van der Waals surface area contributed by atoms with E-state index in [1.165, 1.54) is 11.3 Å². The van der Waals surface area contributed by atoms with Crippen LogP contribution in [0.3, 0.4) is 0 Å². The first-order valence-corrected chi connectivity index (χ1v) is 7.05. The average Bonchev–Trinajstić information content (AvgIpc) is 3.08. The van der Waals surface area contributed by atoms with E-state index < -0.39 is 0 Å². The van der Waals surface area contributed by atoms with Crippen molar-refractivity contribution in [3.05, 3.63) is 23.8 Å². The molecule has 1 fully saturated rings. The number of carbonyl (C=O) groups is 1. The van der Waals surface area contributed by atoms with Gasteiger partial charge in [0.15, 0.2) is 10.9 Å². The molecule has 0 saturated carbocycles. The van der Waals surface area contributed by atoms with Gasteiger partial charge in [0.2, 0.25) is 5.91 Å². The molecule has 3 rings (SSSR count). The fourth-order valence-electron chi connectivity index (χ4n) is 2.00. The summed E-state index contributed by atoms with van der Waals surface area (Å²) >= 11 is 7.25. The van der Waals surface area contributed by atoms with Crippen molar-refractivity contribution in [2.24, 2.45) is 5.92 Å². The number of nitrogens with zero attached hydrogens (tertiary/aromatic N) is 2. The van der Waals surface area contributed by atoms with Crippen molar-refractivity contribution in [2.75, 3.05) is 17.3 Å². The van der Waals surface area contributed by atoms with Gasteiger partial charge in [-0.05, 0) is 18.1 Å². The van der Waals surface area contributed by atoms with Gasteiger partial charge in [-0.2, -0.15) is 0 Å². The van der Waals surface area contributed by atoms with Crippen LogP contribution in [0.5, 0.6) is 0 Å². The molecule has 2 aromatic rings. The highest BCUT2D eigenvalue weighted by Gasteiger charge is 2.31. The summed E-state index contributed by atoms with van der Waals surface area (Å²) in [4.78, 5) is 18.0. The molecular weight excluding hydrogens is 272 g/mol. The van der Waals surface area contributed by atoms with Gasteiger partial charge in [0.05, 0.1) is 6.26 Å². The Morgan fingerprint density at radius 2 is 2.50 bits per heavy atom. The summed E-state index contributed by atoms with van der Waals surface area (Å²) in [5.74, 6) is 1.56. The summed E-state index contributed by atoms with van der Waals surface area (Å²) < 4.78 is 5.28. The molecule has 2 aromatic heterocycles. The topological polar surface area (TPSA) is 46.3 Å². The molecule has 1 unspecified atom stereocenters. The lowest BCUT2D eigenvalue weighted by Gasteiger charge is -2.11. The van der Waals surface area contributed by atoms with E-state index in [2.05, 4.69) is 4.98 Å². The number of alkyl halides is 1. The van der Waals surface area contributed by atoms with Crippen molar-refractivity contribution < 1.29 is 9.21 Å². The predicted molar refractivity (Wildman–Crippen MR) is 71.0 cm³/mol. The lowest BCUT2D eigenvalue weighted by molar-refractivity contribution is -0.117. The van der Waals surface area contributed by atoms with E-state index >= 15 is 0 Å². The Bertz CT molecular complexity index is 552. The summed E-state index contributed by atoms with van der Waals surface area (Å²) in [6, 6.07) is 3.67. The first kappa shape index (κ1) is 11.7. The number of rotatable bonds is 3. The molecule has 1 aliphatic rings. The van der Waals surface area contributed by atoms with Crippen LogP contribution in [0.1, 0.15) is 6.42 Å². The second-order valence-corrected chi connectivity index (χ2v) is 5.37. The standard InChI is InChI=1S/C12H11ClN2O2S/c13-5-8-4-11(16)15(6-8)12-14-9(7-18-12)10-2-1-3-17-10/h1-3,7-8H,4-6H2. The van der Waals surface area contributed by atoms with E-state index in [1.54, 1.807) is 11.2 Å². The molecule has 0 spiro atoms. The van der Waals surface area contributed by atoms with E-state index in [9.17, 15) is 4.79 Å². The van der Waals surface area contributed by atoms with Crippen molar-refractivity contribution in [2.45, 2.75) is 6.42 Å². The molecule has 6 heteroatoms. The fourth-order valence-corrected chi connectivity index (χ4v) is 3.04. The number of thiazole rings is 1. The van der Waals surface area contributed by atoms with Gasteiger partial charge in [-0.1, -0.05) is 0 Å². The van der Waals surface area contributed by atoms with Gasteiger partial charge in [0.25, 0.3) is 0 Å². The molecule has 1 amide bonds. The molecule has 0 aromatic carbocycles. The van der Waals surface area contributed by atoms with Gasteiger partial charge >= 0.3 is 0 Å². The number of amides is 1. The monoisotopic (exact) mass is 282 g/mol. The van der Waals surface area contributed by atoms with Crippen molar-refractivity contribution in [1.82, 2.24) is 4.98 Å². The maximum absolute atomic E-state index is 11.9. The molecule has 0 bridgehead atoms. The Morgan fingerprint density at radius 3 is 3.17 bits per heavy atom. The van der Waals surface area contributed by atoms with Crippen LogP contribution in [0.4, 0.5) is 5.13 Å². The minimum absolute atomic E-state index is 0.0981. The van der Waals surface area contributed by atoms with E-state index in [4.69, 9.17) is 16.0 Å². The second-order valence-electron chi connectivity index (χ2n) is 4.22. The van der Waals surface area contributed by atoms with Crippen LogP contribution >= 0.6 is 22.9 Å². The van der Waals surface area contributed by atoms with Gasteiger partial charge in [0, 0.05) is 24.2 Å². The lowest BCUT2D eigenvalue weighted by Crippen LogP contribution is -2.24. The minimum Gasteiger partial charge on any atom is -0.463 e. The highest BCUT2D eigenvalue weighted by atomic mass is 35.5. The maximum Gasteiger partial charge on any atom is 0.229 e. The largest absolute Gasteiger partial charge is 0.463 e. The van der Waals surface area contributed by atoms with E-state index in [1.807, 2.05) is 17.5 Å². The third-order valence-electron chi connectivity index (χ3n) is 2.92. The van der Waals surface area contributed by atoms with Gasteiger partial charge in [0.1, 0.15) is 5.69 Å². The van der Waals surface area contributed by atoms with Crippen LogP contribution in [0.2, 0.25) is 0 Å². The first-order valence-electron chi connectivity index (χ1n) is 5.63. The summed E-state index contributed by atoms with van der Waals surface area (Å²) in [7, 11) is 0. The van der Waals surface area contributed by atoms with Crippen molar-refractivity contribution in [1.29, 1.82) is 0 Å². The Balaban J connectivity index is 1.84. The first-order chi connectivity index (χ1) is 8.78. The Hall–Kier alpha value is -1.33. The predicted octanol–water partition coefficient (Wildman–Crippen LogP) is 2.99.